The van der Waals surface area contributed by atoms with Gasteiger partial charge in [0.05, 0.1) is 18.3 Å². The number of morpholine rings is 1. The largest absolute Gasteiger partial charge is 0.389 e. The topological polar surface area (TPSA) is 32.7 Å². The van der Waals surface area contributed by atoms with Gasteiger partial charge in [-0.25, -0.2) is 0 Å². The van der Waals surface area contributed by atoms with E-state index in [9.17, 15) is 5.11 Å². The van der Waals surface area contributed by atoms with Crippen LogP contribution in [0.25, 0.3) is 0 Å². The van der Waals surface area contributed by atoms with Crippen LogP contribution in [-0.2, 0) is 4.74 Å². The standard InChI is InChI=1S/C14H21NO2/c1-10-8-15(9-11(2)17-10)14-7-5-4-6-13(14)12(3)16/h4-7,10-12,16H,8-9H2,1-3H3/t10-,11+,12-/m0/s1. The molecule has 1 aromatic rings. The van der Waals surface area contributed by atoms with E-state index in [4.69, 9.17) is 4.74 Å². The summed E-state index contributed by atoms with van der Waals surface area (Å²) < 4.78 is 5.73. The van der Waals surface area contributed by atoms with Crippen molar-refractivity contribution in [1.29, 1.82) is 0 Å². The molecule has 1 aliphatic rings. The highest BCUT2D eigenvalue weighted by atomic mass is 16.5. The first-order valence-corrected chi connectivity index (χ1v) is 6.25. The average Bonchev–Trinajstić information content (AvgIpc) is 2.27. The smallest absolute Gasteiger partial charge is 0.0781 e. The van der Waals surface area contributed by atoms with Gasteiger partial charge in [-0.3, -0.25) is 0 Å². The normalized spacial score (nSPS) is 26.9. The van der Waals surface area contributed by atoms with Crippen molar-refractivity contribution in [1.82, 2.24) is 0 Å². The molecule has 0 amide bonds. The highest BCUT2D eigenvalue weighted by Crippen LogP contribution is 2.28. The molecule has 0 aromatic heterocycles. The van der Waals surface area contributed by atoms with Crippen LogP contribution in [0.4, 0.5) is 5.69 Å². The van der Waals surface area contributed by atoms with E-state index in [0.29, 0.717) is 0 Å². The molecule has 1 aromatic carbocycles. The molecule has 0 bridgehead atoms. The minimum absolute atomic E-state index is 0.237. The Morgan fingerprint density at radius 3 is 2.41 bits per heavy atom. The molecule has 2 rings (SSSR count). The van der Waals surface area contributed by atoms with E-state index in [1.165, 1.54) is 0 Å². The fourth-order valence-electron chi connectivity index (χ4n) is 2.50. The molecule has 1 aliphatic heterocycles. The highest BCUT2D eigenvalue weighted by Gasteiger charge is 2.24. The molecule has 0 radical (unpaired) electrons. The van der Waals surface area contributed by atoms with E-state index in [1.54, 1.807) is 0 Å². The lowest BCUT2D eigenvalue weighted by Gasteiger charge is -2.38. The van der Waals surface area contributed by atoms with Gasteiger partial charge in [-0.05, 0) is 26.8 Å². The summed E-state index contributed by atoms with van der Waals surface area (Å²) >= 11 is 0. The molecule has 0 aliphatic carbocycles. The Balaban J connectivity index is 2.27. The van der Waals surface area contributed by atoms with Gasteiger partial charge < -0.3 is 14.7 Å². The number of aliphatic hydroxyl groups excluding tert-OH is 1. The summed E-state index contributed by atoms with van der Waals surface area (Å²) in [6.07, 6.45) is 0.0428. The predicted molar refractivity (Wildman–Crippen MR) is 69.3 cm³/mol. The molecule has 0 saturated carbocycles. The number of para-hydroxylation sites is 1. The molecule has 0 unspecified atom stereocenters. The lowest BCUT2D eigenvalue weighted by atomic mass is 10.1. The van der Waals surface area contributed by atoms with Gasteiger partial charge in [-0.1, -0.05) is 18.2 Å². The number of ether oxygens (including phenoxy) is 1. The van der Waals surface area contributed by atoms with Crippen molar-refractivity contribution in [3.05, 3.63) is 29.8 Å². The quantitative estimate of drug-likeness (QED) is 0.854. The van der Waals surface area contributed by atoms with Gasteiger partial charge in [-0.2, -0.15) is 0 Å². The Bertz CT molecular complexity index is 368. The molecule has 3 heteroatoms. The summed E-state index contributed by atoms with van der Waals surface area (Å²) in [4.78, 5) is 2.31. The van der Waals surface area contributed by atoms with Crippen LogP contribution in [0.5, 0.6) is 0 Å². The number of rotatable bonds is 2. The zero-order valence-corrected chi connectivity index (χ0v) is 10.8. The minimum atomic E-state index is -0.431. The second kappa shape index (κ2) is 5.07. The maximum absolute atomic E-state index is 9.81. The van der Waals surface area contributed by atoms with Gasteiger partial charge in [-0.15, -0.1) is 0 Å². The Hall–Kier alpha value is -1.06. The predicted octanol–water partition coefficient (Wildman–Crippen LogP) is 2.35. The number of benzene rings is 1. The fraction of sp³-hybridized carbons (Fsp3) is 0.571. The fourth-order valence-corrected chi connectivity index (χ4v) is 2.50. The Kier molecular flexibility index (Phi) is 3.69. The zero-order chi connectivity index (χ0) is 12.4. The van der Waals surface area contributed by atoms with Crippen molar-refractivity contribution >= 4 is 5.69 Å². The number of nitrogens with zero attached hydrogens (tertiary/aromatic N) is 1. The molecule has 3 nitrogen and oxygen atoms in total. The Morgan fingerprint density at radius 1 is 1.24 bits per heavy atom. The van der Waals surface area contributed by atoms with E-state index in [1.807, 2.05) is 25.1 Å². The maximum Gasteiger partial charge on any atom is 0.0781 e. The maximum atomic E-state index is 9.81. The van der Waals surface area contributed by atoms with Crippen LogP contribution >= 0.6 is 0 Å². The number of aliphatic hydroxyl groups is 1. The molecule has 1 saturated heterocycles. The second-order valence-corrected chi connectivity index (χ2v) is 4.90. The third-order valence-corrected chi connectivity index (χ3v) is 3.15. The molecule has 1 heterocycles. The van der Waals surface area contributed by atoms with Crippen molar-refractivity contribution in [2.75, 3.05) is 18.0 Å². The summed E-state index contributed by atoms with van der Waals surface area (Å²) in [5.74, 6) is 0. The van der Waals surface area contributed by atoms with E-state index < -0.39 is 6.10 Å². The average molecular weight is 235 g/mol. The SMILES string of the molecule is C[C@@H]1CN(c2ccccc2[C@H](C)O)C[C@H](C)O1. The monoisotopic (exact) mass is 235 g/mol. The molecule has 3 atom stereocenters. The van der Waals surface area contributed by atoms with Crippen molar-refractivity contribution in [3.8, 4) is 0 Å². The third-order valence-electron chi connectivity index (χ3n) is 3.15. The van der Waals surface area contributed by atoms with Gasteiger partial charge in [0.1, 0.15) is 0 Å². The first-order valence-electron chi connectivity index (χ1n) is 6.25. The second-order valence-electron chi connectivity index (χ2n) is 4.90. The van der Waals surface area contributed by atoms with Gasteiger partial charge in [0.25, 0.3) is 0 Å². The minimum Gasteiger partial charge on any atom is -0.389 e. The molecule has 1 N–H and O–H groups in total. The Labute approximate surface area is 103 Å². The molecule has 94 valence electrons. The van der Waals surface area contributed by atoms with Crippen molar-refractivity contribution in [2.45, 2.75) is 39.1 Å². The van der Waals surface area contributed by atoms with Gasteiger partial charge in [0.2, 0.25) is 0 Å². The van der Waals surface area contributed by atoms with Gasteiger partial charge in [0, 0.05) is 24.3 Å². The third kappa shape index (κ3) is 2.79. The Morgan fingerprint density at radius 2 is 1.82 bits per heavy atom. The molecule has 1 fully saturated rings. The van der Waals surface area contributed by atoms with E-state index in [-0.39, 0.29) is 12.2 Å². The van der Waals surface area contributed by atoms with E-state index >= 15 is 0 Å². The van der Waals surface area contributed by atoms with E-state index in [2.05, 4.69) is 24.8 Å². The first-order chi connectivity index (χ1) is 8.08. The molecular formula is C14H21NO2. The number of hydrogen-bond donors (Lipinski definition) is 1. The van der Waals surface area contributed by atoms with Crippen molar-refractivity contribution in [3.63, 3.8) is 0 Å². The summed E-state index contributed by atoms with van der Waals surface area (Å²) in [5, 5.41) is 9.81. The van der Waals surface area contributed by atoms with Crippen LogP contribution in [0.2, 0.25) is 0 Å². The lowest BCUT2D eigenvalue weighted by molar-refractivity contribution is -0.00538. The summed E-state index contributed by atoms with van der Waals surface area (Å²) in [7, 11) is 0. The molecule has 0 spiro atoms. The zero-order valence-electron chi connectivity index (χ0n) is 10.8. The summed E-state index contributed by atoms with van der Waals surface area (Å²) in [6.45, 7) is 7.76. The van der Waals surface area contributed by atoms with Crippen LogP contribution in [0.1, 0.15) is 32.4 Å². The highest BCUT2D eigenvalue weighted by molar-refractivity contribution is 5.55. The number of anilines is 1. The summed E-state index contributed by atoms with van der Waals surface area (Å²) in [5.41, 5.74) is 2.12. The van der Waals surface area contributed by atoms with Crippen LogP contribution in [0, 0.1) is 0 Å². The molecular weight excluding hydrogens is 214 g/mol. The van der Waals surface area contributed by atoms with Crippen molar-refractivity contribution in [2.24, 2.45) is 0 Å². The van der Waals surface area contributed by atoms with Crippen LogP contribution < -0.4 is 4.90 Å². The van der Waals surface area contributed by atoms with E-state index in [0.717, 1.165) is 24.3 Å². The number of hydrogen-bond acceptors (Lipinski definition) is 3. The van der Waals surface area contributed by atoms with Crippen molar-refractivity contribution < 1.29 is 9.84 Å². The lowest BCUT2D eigenvalue weighted by Crippen LogP contribution is -2.45. The molecule has 17 heavy (non-hydrogen) atoms. The summed E-state index contributed by atoms with van der Waals surface area (Å²) in [6, 6.07) is 8.06. The van der Waals surface area contributed by atoms with Crippen LogP contribution in [-0.4, -0.2) is 30.4 Å². The van der Waals surface area contributed by atoms with Gasteiger partial charge >= 0.3 is 0 Å². The first kappa shape index (κ1) is 12.4. The van der Waals surface area contributed by atoms with Gasteiger partial charge in [0.15, 0.2) is 0 Å². The van der Waals surface area contributed by atoms with Crippen LogP contribution in [0.15, 0.2) is 24.3 Å². The van der Waals surface area contributed by atoms with Crippen LogP contribution in [0.3, 0.4) is 0 Å².